The lowest BCUT2D eigenvalue weighted by Gasteiger charge is -2.34. The summed E-state index contributed by atoms with van der Waals surface area (Å²) in [7, 11) is 0. The summed E-state index contributed by atoms with van der Waals surface area (Å²) in [6.45, 7) is 4.55. The molecule has 2 unspecified atom stereocenters. The number of morpholine rings is 1. The van der Waals surface area contributed by atoms with Crippen LogP contribution in [-0.2, 0) is 14.3 Å². The van der Waals surface area contributed by atoms with Gasteiger partial charge in [0, 0.05) is 13.1 Å². The van der Waals surface area contributed by atoms with Crippen LogP contribution in [0.5, 0.6) is 0 Å². The molecule has 0 saturated carbocycles. The molecule has 1 aromatic rings. The average molecular weight is 253 g/mol. The Labute approximate surface area is 104 Å². The van der Waals surface area contributed by atoms with E-state index in [-0.39, 0.29) is 18.2 Å². The van der Waals surface area contributed by atoms with Crippen LogP contribution in [0.4, 0.5) is 5.95 Å². The Morgan fingerprint density at radius 3 is 2.67 bits per heavy atom. The zero-order valence-electron chi connectivity index (χ0n) is 10.2. The van der Waals surface area contributed by atoms with Gasteiger partial charge in [0.15, 0.2) is 0 Å². The van der Waals surface area contributed by atoms with Gasteiger partial charge in [-0.15, -0.1) is 0 Å². The van der Waals surface area contributed by atoms with E-state index in [0.717, 1.165) is 0 Å². The Morgan fingerprint density at radius 1 is 1.44 bits per heavy atom. The van der Waals surface area contributed by atoms with E-state index in [1.807, 2.05) is 13.8 Å². The van der Waals surface area contributed by atoms with Crippen molar-refractivity contribution in [3.05, 3.63) is 6.33 Å². The zero-order chi connectivity index (χ0) is 13.1. The molecule has 0 aliphatic carbocycles. The third-order valence-electron chi connectivity index (χ3n) is 2.55. The number of anilines is 1. The van der Waals surface area contributed by atoms with Crippen molar-refractivity contribution in [2.75, 3.05) is 18.4 Å². The molecule has 0 aromatic carbocycles. The van der Waals surface area contributed by atoms with Crippen molar-refractivity contribution in [1.29, 1.82) is 0 Å². The number of carbonyl (C=O) groups is 2. The molecule has 2 rings (SSSR count). The van der Waals surface area contributed by atoms with E-state index in [1.165, 1.54) is 11.2 Å². The fraction of sp³-hybridized carbons (Fsp3) is 0.600. The molecule has 8 nitrogen and oxygen atoms in total. The number of hydrogen-bond donors (Lipinski definition) is 2. The molecule has 1 fully saturated rings. The Bertz CT molecular complexity index is 423. The van der Waals surface area contributed by atoms with Gasteiger partial charge in [-0.2, -0.15) is 10.1 Å². The Morgan fingerprint density at radius 2 is 2.11 bits per heavy atom. The molecule has 0 spiro atoms. The van der Waals surface area contributed by atoms with Crippen molar-refractivity contribution in [3.63, 3.8) is 0 Å². The van der Waals surface area contributed by atoms with E-state index in [9.17, 15) is 9.59 Å². The van der Waals surface area contributed by atoms with Crippen molar-refractivity contribution in [2.45, 2.75) is 26.1 Å². The molecule has 18 heavy (non-hydrogen) atoms. The average Bonchev–Trinajstić information content (AvgIpc) is 2.79. The number of aromatic nitrogens is 3. The molecule has 2 atom stereocenters. The first-order valence-electron chi connectivity index (χ1n) is 5.67. The fourth-order valence-corrected chi connectivity index (χ4v) is 1.91. The number of aromatic amines is 1. The quantitative estimate of drug-likeness (QED) is 0.650. The number of nitrogens with zero attached hydrogens (tertiary/aromatic N) is 3. The van der Waals surface area contributed by atoms with Crippen LogP contribution < -0.4 is 5.32 Å². The highest BCUT2D eigenvalue weighted by Gasteiger charge is 2.29. The smallest absolute Gasteiger partial charge is 0.316 e. The van der Waals surface area contributed by atoms with Gasteiger partial charge < -0.3 is 9.64 Å². The number of carbonyl (C=O) groups excluding carboxylic acids is 2. The molecule has 1 saturated heterocycles. The largest absolute Gasteiger partial charge is 0.372 e. The van der Waals surface area contributed by atoms with Crippen LogP contribution in [0, 0.1) is 0 Å². The van der Waals surface area contributed by atoms with Crippen molar-refractivity contribution in [1.82, 2.24) is 20.1 Å². The number of hydrogen-bond acceptors (Lipinski definition) is 5. The number of amides is 2. The lowest BCUT2D eigenvalue weighted by molar-refractivity contribution is -0.151. The van der Waals surface area contributed by atoms with Gasteiger partial charge in [-0.3, -0.25) is 14.9 Å². The minimum Gasteiger partial charge on any atom is -0.372 e. The monoisotopic (exact) mass is 253 g/mol. The van der Waals surface area contributed by atoms with Crippen LogP contribution in [-0.4, -0.2) is 57.2 Å². The van der Waals surface area contributed by atoms with Crippen LogP contribution in [0.25, 0.3) is 0 Å². The van der Waals surface area contributed by atoms with Crippen LogP contribution in [0.1, 0.15) is 13.8 Å². The molecule has 1 aliphatic rings. The Hall–Kier alpha value is -1.96. The van der Waals surface area contributed by atoms with Gasteiger partial charge in [0.1, 0.15) is 6.33 Å². The summed E-state index contributed by atoms with van der Waals surface area (Å²) >= 11 is 0. The Balaban J connectivity index is 1.96. The van der Waals surface area contributed by atoms with Crippen molar-refractivity contribution in [3.8, 4) is 0 Å². The molecule has 98 valence electrons. The molecule has 1 aromatic heterocycles. The van der Waals surface area contributed by atoms with E-state index in [2.05, 4.69) is 20.5 Å². The van der Waals surface area contributed by atoms with E-state index in [0.29, 0.717) is 13.1 Å². The second-order valence-corrected chi connectivity index (χ2v) is 4.26. The molecule has 1 aliphatic heterocycles. The van der Waals surface area contributed by atoms with E-state index >= 15 is 0 Å². The molecule has 2 N–H and O–H groups in total. The van der Waals surface area contributed by atoms with E-state index in [1.54, 1.807) is 0 Å². The molecular formula is C10H15N5O3. The molecule has 0 radical (unpaired) electrons. The third-order valence-corrected chi connectivity index (χ3v) is 2.55. The van der Waals surface area contributed by atoms with Gasteiger partial charge in [0.05, 0.1) is 12.2 Å². The highest BCUT2D eigenvalue weighted by atomic mass is 16.5. The number of nitrogens with one attached hydrogen (secondary N) is 2. The van der Waals surface area contributed by atoms with Crippen molar-refractivity contribution >= 4 is 17.8 Å². The van der Waals surface area contributed by atoms with Gasteiger partial charge >= 0.3 is 11.8 Å². The van der Waals surface area contributed by atoms with Crippen LogP contribution in [0.15, 0.2) is 6.33 Å². The third kappa shape index (κ3) is 2.83. The maximum atomic E-state index is 11.9. The van der Waals surface area contributed by atoms with Gasteiger partial charge in [0.2, 0.25) is 5.95 Å². The number of ether oxygens (including phenoxy) is 1. The predicted octanol–water partition coefficient (Wildman–Crippen LogP) is -0.621. The molecular weight excluding hydrogens is 238 g/mol. The van der Waals surface area contributed by atoms with E-state index < -0.39 is 11.8 Å². The second kappa shape index (κ2) is 5.13. The van der Waals surface area contributed by atoms with E-state index in [4.69, 9.17) is 4.74 Å². The summed E-state index contributed by atoms with van der Waals surface area (Å²) in [5.41, 5.74) is 0. The summed E-state index contributed by atoms with van der Waals surface area (Å²) < 4.78 is 5.50. The number of rotatable bonds is 1. The molecule has 0 bridgehead atoms. The topological polar surface area (TPSA) is 100 Å². The summed E-state index contributed by atoms with van der Waals surface area (Å²) in [4.78, 5) is 28.8. The molecule has 2 heterocycles. The lowest BCUT2D eigenvalue weighted by atomic mass is 10.2. The minimum atomic E-state index is -0.729. The zero-order valence-corrected chi connectivity index (χ0v) is 10.2. The maximum absolute atomic E-state index is 11.9. The summed E-state index contributed by atoms with van der Waals surface area (Å²) in [6, 6.07) is 0. The number of H-pyrrole nitrogens is 1. The summed E-state index contributed by atoms with van der Waals surface area (Å²) in [6.07, 6.45) is 1.10. The van der Waals surface area contributed by atoms with Gasteiger partial charge in [-0.25, -0.2) is 5.10 Å². The lowest BCUT2D eigenvalue weighted by Crippen LogP contribution is -2.51. The van der Waals surface area contributed by atoms with Crippen molar-refractivity contribution in [2.24, 2.45) is 0 Å². The van der Waals surface area contributed by atoms with Crippen LogP contribution in [0.2, 0.25) is 0 Å². The van der Waals surface area contributed by atoms with Crippen LogP contribution >= 0.6 is 0 Å². The second-order valence-electron chi connectivity index (χ2n) is 4.26. The maximum Gasteiger partial charge on any atom is 0.316 e. The first kappa shape index (κ1) is 12.5. The minimum absolute atomic E-state index is 0.0734. The normalized spacial score (nSPS) is 23.8. The van der Waals surface area contributed by atoms with Gasteiger partial charge in [0.25, 0.3) is 0 Å². The highest BCUT2D eigenvalue weighted by Crippen LogP contribution is 2.11. The summed E-state index contributed by atoms with van der Waals surface area (Å²) in [5.74, 6) is -1.16. The van der Waals surface area contributed by atoms with Crippen molar-refractivity contribution < 1.29 is 14.3 Å². The SMILES string of the molecule is CC1CN(C(=O)C(=O)Nc2ncn[nH]2)CC(C)O1. The van der Waals surface area contributed by atoms with Crippen LogP contribution in [0.3, 0.4) is 0 Å². The Kier molecular flexibility index (Phi) is 3.56. The molecule has 8 heteroatoms. The summed E-state index contributed by atoms with van der Waals surface area (Å²) in [5, 5.41) is 8.38. The highest BCUT2D eigenvalue weighted by molar-refractivity contribution is 6.39. The standard InChI is InChI=1S/C10H15N5O3/c1-6-3-15(4-7(2)18-6)9(17)8(16)13-10-11-5-12-14-10/h5-7H,3-4H2,1-2H3,(H2,11,12,13,14,16). The fourth-order valence-electron chi connectivity index (χ4n) is 1.91. The predicted molar refractivity (Wildman–Crippen MR) is 61.6 cm³/mol. The first-order valence-corrected chi connectivity index (χ1v) is 5.67. The first-order chi connectivity index (χ1) is 8.56. The van der Waals surface area contributed by atoms with Gasteiger partial charge in [-0.1, -0.05) is 0 Å². The molecule has 2 amide bonds. The van der Waals surface area contributed by atoms with Gasteiger partial charge in [-0.05, 0) is 13.8 Å².